The predicted octanol–water partition coefficient (Wildman–Crippen LogP) is 2.93. The van der Waals surface area contributed by atoms with Crippen molar-refractivity contribution in [1.82, 2.24) is 0 Å². The molecule has 0 spiro atoms. The van der Waals surface area contributed by atoms with Gasteiger partial charge in [-0.05, 0) is 56.1 Å². The highest BCUT2D eigenvalue weighted by molar-refractivity contribution is 7.11. The molecule has 0 fully saturated rings. The van der Waals surface area contributed by atoms with Gasteiger partial charge in [-0.1, -0.05) is 49.4 Å². The molecule has 0 radical (unpaired) electrons. The van der Waals surface area contributed by atoms with E-state index >= 15 is 0 Å². The monoisotopic (exact) mass is 334 g/mol. The van der Waals surface area contributed by atoms with E-state index in [1.807, 2.05) is 0 Å². The first kappa shape index (κ1) is 13.1. The fourth-order valence-corrected chi connectivity index (χ4v) is 11.3. The second-order valence-corrected chi connectivity index (χ2v) is 16.5. The Morgan fingerprint density at radius 3 is 1.10 bits per heavy atom. The number of hydrogen-bond donors (Lipinski definition) is 0. The van der Waals surface area contributed by atoms with E-state index in [0.29, 0.717) is 0 Å². The van der Waals surface area contributed by atoms with Crippen molar-refractivity contribution in [2.75, 3.05) is 0 Å². The molecule has 102 valence electrons. The van der Waals surface area contributed by atoms with Crippen molar-refractivity contribution in [1.29, 1.82) is 0 Å². The van der Waals surface area contributed by atoms with Crippen LogP contribution in [-0.2, 0) is 0 Å². The lowest BCUT2D eigenvalue weighted by Gasteiger charge is -2.26. The molecule has 0 saturated carbocycles. The first-order valence-electron chi connectivity index (χ1n) is 6.94. The molecular formula is C16H16Cl2Si2. The van der Waals surface area contributed by atoms with Gasteiger partial charge in [-0.2, -0.15) is 0 Å². The van der Waals surface area contributed by atoms with E-state index < -0.39 is 16.1 Å². The lowest BCUT2D eigenvalue weighted by molar-refractivity contribution is 1.73. The second-order valence-electron chi connectivity index (χ2n) is 7.00. The molecule has 2 aliphatic rings. The molecule has 0 amide bonds. The third-order valence-corrected chi connectivity index (χ3v) is 12.6. The SMILES string of the molecule is C[Si]1(C)c2cc(Cl)cc3c2-c2c1cc(Cl)cc2[Si]3(C)C. The van der Waals surface area contributed by atoms with Gasteiger partial charge >= 0.3 is 0 Å². The Morgan fingerprint density at radius 2 is 0.850 bits per heavy atom. The summed E-state index contributed by atoms with van der Waals surface area (Å²) in [5.41, 5.74) is 3.04. The van der Waals surface area contributed by atoms with Gasteiger partial charge in [0, 0.05) is 10.0 Å². The van der Waals surface area contributed by atoms with Crippen molar-refractivity contribution >= 4 is 60.1 Å². The molecular weight excluding hydrogens is 319 g/mol. The Labute approximate surface area is 131 Å². The highest BCUT2D eigenvalue weighted by Crippen LogP contribution is 2.35. The lowest BCUT2D eigenvalue weighted by Crippen LogP contribution is -2.56. The third kappa shape index (κ3) is 1.34. The Morgan fingerprint density at radius 1 is 0.600 bits per heavy atom. The predicted molar refractivity (Wildman–Crippen MR) is 95.4 cm³/mol. The van der Waals surface area contributed by atoms with Gasteiger partial charge in [0.05, 0.1) is 0 Å². The van der Waals surface area contributed by atoms with Crippen LogP contribution >= 0.6 is 23.2 Å². The Balaban J connectivity index is 2.26. The summed E-state index contributed by atoms with van der Waals surface area (Å²) in [4.78, 5) is 0. The zero-order valence-corrected chi connectivity index (χ0v) is 15.6. The molecule has 2 aromatic carbocycles. The summed E-state index contributed by atoms with van der Waals surface area (Å²) in [6.07, 6.45) is 0. The van der Waals surface area contributed by atoms with Gasteiger partial charge in [0.15, 0.2) is 0 Å². The molecule has 20 heavy (non-hydrogen) atoms. The summed E-state index contributed by atoms with van der Waals surface area (Å²) in [7, 11) is -3.29. The molecule has 0 saturated heterocycles. The van der Waals surface area contributed by atoms with E-state index in [-0.39, 0.29) is 0 Å². The first-order chi connectivity index (χ1) is 9.24. The second kappa shape index (κ2) is 3.61. The van der Waals surface area contributed by atoms with Crippen molar-refractivity contribution in [3.8, 4) is 11.1 Å². The molecule has 2 aliphatic heterocycles. The van der Waals surface area contributed by atoms with Gasteiger partial charge in [-0.3, -0.25) is 0 Å². The fourth-order valence-electron chi connectivity index (χ4n) is 4.01. The topological polar surface area (TPSA) is 0 Å². The van der Waals surface area contributed by atoms with Crippen LogP contribution in [0, 0.1) is 0 Å². The number of rotatable bonds is 0. The van der Waals surface area contributed by atoms with Crippen LogP contribution in [0.4, 0.5) is 0 Å². The Hall–Kier alpha value is -0.546. The summed E-state index contributed by atoms with van der Waals surface area (Å²) in [6, 6.07) is 8.83. The molecule has 0 atom stereocenters. The average Bonchev–Trinajstić information content (AvgIpc) is 2.69. The first-order valence-corrected chi connectivity index (χ1v) is 13.7. The molecule has 0 N–H and O–H groups in total. The average molecular weight is 335 g/mol. The molecule has 4 heteroatoms. The third-order valence-electron chi connectivity index (χ3n) is 5.15. The van der Waals surface area contributed by atoms with Crippen molar-refractivity contribution in [3.05, 3.63) is 34.3 Å². The van der Waals surface area contributed by atoms with Gasteiger partial charge in [-0.25, -0.2) is 0 Å². The lowest BCUT2D eigenvalue weighted by atomic mass is 10.1. The van der Waals surface area contributed by atoms with Crippen LogP contribution in [0.25, 0.3) is 11.1 Å². The maximum absolute atomic E-state index is 6.43. The van der Waals surface area contributed by atoms with Gasteiger partial charge in [-0.15, -0.1) is 0 Å². The van der Waals surface area contributed by atoms with Crippen LogP contribution < -0.4 is 20.7 Å². The largest absolute Gasteiger partial charge is 0.113 e. The summed E-state index contributed by atoms with van der Waals surface area (Å²) < 4.78 is 0. The van der Waals surface area contributed by atoms with Crippen LogP contribution in [0.15, 0.2) is 24.3 Å². The van der Waals surface area contributed by atoms with E-state index in [1.54, 1.807) is 0 Å². The zero-order chi connectivity index (χ0) is 14.4. The smallest absolute Gasteiger partial charge is 0.0844 e. The van der Waals surface area contributed by atoms with Crippen molar-refractivity contribution in [2.24, 2.45) is 0 Å². The summed E-state index contributed by atoms with van der Waals surface area (Å²) in [5, 5.41) is 7.84. The van der Waals surface area contributed by atoms with Crippen LogP contribution in [0.3, 0.4) is 0 Å². The van der Waals surface area contributed by atoms with Gasteiger partial charge in [0.2, 0.25) is 0 Å². The molecule has 0 bridgehead atoms. The standard InChI is InChI=1S/C16H16Cl2Si2/c1-19(2)11-5-9(17)7-13-15(11)16-12(19)6-10(18)8-14(16)20(13,3)4/h5-8H,1-4H3. The summed E-state index contributed by atoms with van der Waals surface area (Å²) in [5.74, 6) is 0. The summed E-state index contributed by atoms with van der Waals surface area (Å²) >= 11 is 12.9. The quantitative estimate of drug-likeness (QED) is 0.650. The maximum atomic E-state index is 6.43. The van der Waals surface area contributed by atoms with E-state index in [1.165, 1.54) is 31.9 Å². The fraction of sp³-hybridized carbons (Fsp3) is 0.250. The van der Waals surface area contributed by atoms with Crippen LogP contribution in [0.5, 0.6) is 0 Å². The zero-order valence-electron chi connectivity index (χ0n) is 12.1. The van der Waals surface area contributed by atoms with E-state index in [4.69, 9.17) is 23.2 Å². The molecule has 0 aromatic heterocycles. The highest BCUT2D eigenvalue weighted by atomic mass is 35.5. The van der Waals surface area contributed by atoms with E-state index in [0.717, 1.165) is 10.0 Å². The van der Waals surface area contributed by atoms with Gasteiger partial charge in [0.25, 0.3) is 0 Å². The molecule has 0 unspecified atom stereocenters. The minimum absolute atomic E-state index is 0.900. The maximum Gasteiger partial charge on any atom is 0.113 e. The molecule has 2 aromatic rings. The minimum atomic E-state index is -1.64. The minimum Gasteiger partial charge on any atom is -0.0844 e. The van der Waals surface area contributed by atoms with Gasteiger partial charge in [0.1, 0.15) is 16.1 Å². The molecule has 4 rings (SSSR count). The molecule has 0 aliphatic carbocycles. The molecule has 2 heterocycles. The van der Waals surface area contributed by atoms with E-state index in [9.17, 15) is 0 Å². The van der Waals surface area contributed by atoms with Crippen LogP contribution in [0.2, 0.25) is 36.2 Å². The van der Waals surface area contributed by atoms with Crippen LogP contribution in [-0.4, -0.2) is 16.1 Å². The normalized spacial score (nSPS) is 19.3. The Kier molecular flexibility index (Phi) is 2.37. The molecule has 0 nitrogen and oxygen atoms in total. The van der Waals surface area contributed by atoms with Gasteiger partial charge < -0.3 is 0 Å². The Bertz CT molecular complexity index is 670. The van der Waals surface area contributed by atoms with Crippen LogP contribution in [0.1, 0.15) is 0 Å². The summed E-state index contributed by atoms with van der Waals surface area (Å²) in [6.45, 7) is 9.66. The number of halogens is 2. The number of benzene rings is 2. The highest BCUT2D eigenvalue weighted by Gasteiger charge is 2.49. The van der Waals surface area contributed by atoms with Crippen molar-refractivity contribution in [3.63, 3.8) is 0 Å². The van der Waals surface area contributed by atoms with Crippen molar-refractivity contribution < 1.29 is 0 Å². The van der Waals surface area contributed by atoms with E-state index in [2.05, 4.69) is 50.5 Å². The number of hydrogen-bond acceptors (Lipinski definition) is 0. The van der Waals surface area contributed by atoms with Crippen molar-refractivity contribution in [2.45, 2.75) is 26.2 Å².